The first-order chi connectivity index (χ1) is 17.1. The van der Waals surface area contributed by atoms with Crippen LogP contribution in [0.3, 0.4) is 0 Å². The first-order valence-electron chi connectivity index (χ1n) is 11.2. The summed E-state index contributed by atoms with van der Waals surface area (Å²) in [5.74, 6) is -0.546. The fourth-order valence-corrected chi connectivity index (χ4v) is 3.98. The maximum atomic E-state index is 13.3. The normalized spacial score (nSPS) is 14.3. The molecule has 0 saturated carbocycles. The Morgan fingerprint density at radius 2 is 1.31 bits per heavy atom. The molecule has 0 aromatic heterocycles. The van der Waals surface area contributed by atoms with Crippen molar-refractivity contribution in [1.82, 2.24) is 5.32 Å². The lowest BCUT2D eigenvalue weighted by Crippen LogP contribution is -2.20. The molecule has 3 aromatic rings. The van der Waals surface area contributed by atoms with Gasteiger partial charge in [0, 0.05) is 6.54 Å². The van der Waals surface area contributed by atoms with Crippen molar-refractivity contribution in [3.05, 3.63) is 101 Å². The van der Waals surface area contributed by atoms with E-state index < -0.39 is 23.5 Å². The highest BCUT2D eigenvalue weighted by molar-refractivity contribution is 5.70. The van der Waals surface area contributed by atoms with Crippen LogP contribution >= 0.6 is 0 Å². The SMILES string of the molecule is FC(F)(F)c1ccccc1OCc1ccc(COc2ccccc2C(F)(F)F)c(C2=CCNCC2)c1. The number of nitrogens with one attached hydrogen (secondary N) is 1. The van der Waals surface area contributed by atoms with E-state index in [0.717, 1.165) is 29.8 Å². The van der Waals surface area contributed by atoms with Crippen LogP contribution in [0.1, 0.15) is 34.2 Å². The lowest BCUT2D eigenvalue weighted by atomic mass is 9.94. The number of rotatable bonds is 7. The van der Waals surface area contributed by atoms with Crippen LogP contribution < -0.4 is 14.8 Å². The van der Waals surface area contributed by atoms with Gasteiger partial charge in [-0.15, -0.1) is 0 Å². The highest BCUT2D eigenvalue weighted by atomic mass is 19.4. The Balaban J connectivity index is 1.58. The molecule has 0 spiro atoms. The average molecular weight is 507 g/mol. The summed E-state index contributed by atoms with van der Waals surface area (Å²) in [4.78, 5) is 0. The van der Waals surface area contributed by atoms with Gasteiger partial charge in [-0.1, -0.05) is 42.5 Å². The van der Waals surface area contributed by atoms with E-state index >= 15 is 0 Å². The van der Waals surface area contributed by atoms with E-state index in [1.165, 1.54) is 36.4 Å². The first-order valence-corrected chi connectivity index (χ1v) is 11.2. The second-order valence-corrected chi connectivity index (χ2v) is 8.24. The summed E-state index contributed by atoms with van der Waals surface area (Å²) in [7, 11) is 0. The van der Waals surface area contributed by atoms with E-state index in [4.69, 9.17) is 9.47 Å². The van der Waals surface area contributed by atoms with E-state index in [1.54, 1.807) is 18.2 Å². The molecule has 190 valence electrons. The molecule has 1 aliphatic heterocycles. The summed E-state index contributed by atoms with van der Waals surface area (Å²) in [6.07, 6.45) is -6.43. The maximum absolute atomic E-state index is 13.3. The zero-order valence-electron chi connectivity index (χ0n) is 19.0. The van der Waals surface area contributed by atoms with Crippen molar-refractivity contribution in [1.29, 1.82) is 0 Å². The molecular formula is C27H23F6NO2. The topological polar surface area (TPSA) is 30.5 Å². The van der Waals surface area contributed by atoms with Crippen LogP contribution in [0.15, 0.2) is 72.8 Å². The molecular weight excluding hydrogens is 484 g/mol. The van der Waals surface area contributed by atoms with Crippen molar-refractivity contribution in [3.63, 3.8) is 0 Å². The molecule has 0 saturated heterocycles. The second-order valence-electron chi connectivity index (χ2n) is 8.24. The van der Waals surface area contributed by atoms with Gasteiger partial charge in [0.25, 0.3) is 0 Å². The van der Waals surface area contributed by atoms with Gasteiger partial charge in [-0.05, 0) is 65.6 Å². The van der Waals surface area contributed by atoms with Crippen LogP contribution in [0.5, 0.6) is 11.5 Å². The van der Waals surface area contributed by atoms with Gasteiger partial charge in [0.15, 0.2) is 0 Å². The molecule has 9 heteroatoms. The summed E-state index contributed by atoms with van der Waals surface area (Å²) < 4.78 is 91.0. The van der Waals surface area contributed by atoms with Gasteiger partial charge in [-0.3, -0.25) is 0 Å². The number of para-hydroxylation sites is 2. The van der Waals surface area contributed by atoms with Gasteiger partial charge in [0.1, 0.15) is 24.7 Å². The van der Waals surface area contributed by atoms with Crippen LogP contribution in [0, 0.1) is 0 Å². The second kappa shape index (κ2) is 10.7. The minimum atomic E-state index is -4.55. The van der Waals surface area contributed by atoms with Gasteiger partial charge >= 0.3 is 12.4 Å². The lowest BCUT2D eigenvalue weighted by Gasteiger charge is -2.20. The smallest absolute Gasteiger partial charge is 0.419 e. The van der Waals surface area contributed by atoms with Gasteiger partial charge in [-0.25, -0.2) is 0 Å². The summed E-state index contributed by atoms with van der Waals surface area (Å²) in [5.41, 5.74) is 1.32. The van der Waals surface area contributed by atoms with Crippen molar-refractivity contribution in [2.45, 2.75) is 32.0 Å². The maximum Gasteiger partial charge on any atom is 0.419 e. The zero-order chi connectivity index (χ0) is 25.8. The molecule has 0 amide bonds. The molecule has 1 aliphatic rings. The number of hydrogen-bond donors (Lipinski definition) is 1. The fraction of sp³-hybridized carbons (Fsp3) is 0.259. The average Bonchev–Trinajstić information content (AvgIpc) is 2.86. The van der Waals surface area contributed by atoms with Crippen LogP contribution in [-0.2, 0) is 25.6 Å². The van der Waals surface area contributed by atoms with Crippen LogP contribution in [0.25, 0.3) is 5.57 Å². The minimum absolute atomic E-state index is 0.106. The Kier molecular flexibility index (Phi) is 7.59. The number of benzene rings is 3. The number of alkyl halides is 6. The van der Waals surface area contributed by atoms with Crippen molar-refractivity contribution >= 4 is 5.57 Å². The Bertz CT molecular complexity index is 1230. The fourth-order valence-electron chi connectivity index (χ4n) is 3.98. The van der Waals surface area contributed by atoms with E-state index in [0.29, 0.717) is 24.1 Å². The zero-order valence-corrected chi connectivity index (χ0v) is 19.0. The standard InChI is InChI=1S/C27H23F6NO2/c28-26(29,30)22-5-1-3-7-24(22)35-16-18-9-10-20(21(15-18)19-11-13-34-14-12-19)17-36-25-8-4-2-6-23(25)27(31,32)33/h1-11,15,34H,12-14,16-17H2. The van der Waals surface area contributed by atoms with E-state index in [1.807, 2.05) is 6.08 Å². The van der Waals surface area contributed by atoms with Crippen molar-refractivity contribution < 1.29 is 35.8 Å². The van der Waals surface area contributed by atoms with Gasteiger partial charge in [0.2, 0.25) is 0 Å². The van der Waals surface area contributed by atoms with E-state index in [9.17, 15) is 26.3 Å². The molecule has 3 aromatic carbocycles. The van der Waals surface area contributed by atoms with Crippen molar-refractivity contribution in [2.75, 3.05) is 13.1 Å². The third-order valence-electron chi connectivity index (χ3n) is 5.75. The van der Waals surface area contributed by atoms with Crippen molar-refractivity contribution in [3.8, 4) is 11.5 Å². The molecule has 0 bridgehead atoms. The van der Waals surface area contributed by atoms with Crippen LogP contribution in [0.4, 0.5) is 26.3 Å². The van der Waals surface area contributed by atoms with E-state index in [-0.39, 0.29) is 24.7 Å². The molecule has 0 fully saturated rings. The number of halogens is 6. The lowest BCUT2D eigenvalue weighted by molar-refractivity contribution is -0.139. The van der Waals surface area contributed by atoms with E-state index in [2.05, 4.69) is 5.32 Å². The van der Waals surface area contributed by atoms with Gasteiger partial charge in [-0.2, -0.15) is 26.3 Å². The predicted octanol–water partition coefficient (Wildman–Crippen LogP) is 7.26. The van der Waals surface area contributed by atoms with Crippen molar-refractivity contribution in [2.24, 2.45) is 0 Å². The highest BCUT2D eigenvalue weighted by Gasteiger charge is 2.35. The number of ether oxygens (including phenoxy) is 2. The molecule has 3 nitrogen and oxygen atoms in total. The minimum Gasteiger partial charge on any atom is -0.488 e. The Morgan fingerprint density at radius 1 is 0.722 bits per heavy atom. The monoisotopic (exact) mass is 507 g/mol. The Morgan fingerprint density at radius 3 is 1.86 bits per heavy atom. The molecule has 0 unspecified atom stereocenters. The van der Waals surface area contributed by atoms with Gasteiger partial charge in [0.05, 0.1) is 11.1 Å². The summed E-state index contributed by atoms with van der Waals surface area (Å²) in [6.45, 7) is 1.14. The molecule has 0 aliphatic carbocycles. The Hall–Kier alpha value is -3.46. The molecule has 36 heavy (non-hydrogen) atoms. The molecule has 4 rings (SSSR count). The molecule has 1 heterocycles. The molecule has 0 radical (unpaired) electrons. The highest BCUT2D eigenvalue weighted by Crippen LogP contribution is 2.38. The van der Waals surface area contributed by atoms with Crippen LogP contribution in [0.2, 0.25) is 0 Å². The molecule has 0 atom stereocenters. The van der Waals surface area contributed by atoms with Gasteiger partial charge < -0.3 is 14.8 Å². The predicted molar refractivity (Wildman–Crippen MR) is 123 cm³/mol. The quantitative estimate of drug-likeness (QED) is 0.342. The van der Waals surface area contributed by atoms with Crippen LogP contribution in [-0.4, -0.2) is 13.1 Å². The summed E-state index contributed by atoms with van der Waals surface area (Å²) in [5, 5.41) is 3.20. The first kappa shape index (κ1) is 25.6. The number of hydrogen-bond acceptors (Lipinski definition) is 3. The largest absolute Gasteiger partial charge is 0.488 e. The third-order valence-corrected chi connectivity index (χ3v) is 5.75. The summed E-state index contributed by atoms with van der Waals surface area (Å²) in [6, 6.07) is 15.2. The Labute approximate surface area is 204 Å². The third kappa shape index (κ3) is 6.20. The molecule has 1 N–H and O–H groups in total. The summed E-state index contributed by atoms with van der Waals surface area (Å²) >= 11 is 0.